The van der Waals surface area contributed by atoms with Crippen molar-refractivity contribution < 1.29 is 18.7 Å². The molecular formula is C22H24ClFN2O3. The highest BCUT2D eigenvalue weighted by Gasteiger charge is 2.26. The van der Waals surface area contributed by atoms with Gasteiger partial charge < -0.3 is 10.1 Å². The summed E-state index contributed by atoms with van der Waals surface area (Å²) in [5.74, 6) is -0.960. The van der Waals surface area contributed by atoms with Gasteiger partial charge in [0.1, 0.15) is 5.82 Å². The maximum absolute atomic E-state index is 13.1. The first-order valence-electron chi connectivity index (χ1n) is 9.70. The molecule has 1 heterocycles. The summed E-state index contributed by atoms with van der Waals surface area (Å²) in [4.78, 5) is 26.8. The Bertz CT molecular complexity index is 873. The Balaban J connectivity index is 1.59. The number of carbonyl (C=O) groups is 2. The fourth-order valence-corrected chi connectivity index (χ4v) is 3.73. The molecule has 2 aromatic rings. The number of likely N-dealkylation sites (tertiary alicyclic amines) is 1. The monoisotopic (exact) mass is 418 g/mol. The van der Waals surface area contributed by atoms with E-state index >= 15 is 0 Å². The van der Waals surface area contributed by atoms with Gasteiger partial charge in [-0.25, -0.2) is 9.18 Å². The van der Waals surface area contributed by atoms with Gasteiger partial charge in [0.15, 0.2) is 0 Å². The Morgan fingerprint density at radius 3 is 2.69 bits per heavy atom. The molecule has 0 saturated carbocycles. The number of nitrogens with zero attached hydrogens (tertiary/aromatic N) is 1. The number of amides is 1. The first-order chi connectivity index (χ1) is 14.0. The lowest BCUT2D eigenvalue weighted by Crippen LogP contribution is -2.40. The lowest BCUT2D eigenvalue weighted by molar-refractivity contribution is -0.121. The van der Waals surface area contributed by atoms with Gasteiger partial charge in [-0.05, 0) is 62.2 Å². The van der Waals surface area contributed by atoms with Crippen molar-refractivity contribution in [2.45, 2.75) is 26.3 Å². The number of halogens is 2. The Morgan fingerprint density at radius 1 is 1.24 bits per heavy atom. The molecule has 5 nitrogen and oxygen atoms in total. The smallest absolute Gasteiger partial charge is 0.339 e. The highest BCUT2D eigenvalue weighted by atomic mass is 35.5. The first-order valence-corrected chi connectivity index (χ1v) is 10.1. The highest BCUT2D eigenvalue weighted by Crippen LogP contribution is 2.24. The molecule has 0 radical (unpaired) electrons. The van der Waals surface area contributed by atoms with E-state index in [4.69, 9.17) is 16.3 Å². The molecule has 7 heteroatoms. The molecule has 154 valence electrons. The molecule has 1 aliphatic rings. The van der Waals surface area contributed by atoms with Crippen molar-refractivity contribution in [1.82, 2.24) is 4.90 Å². The number of ether oxygens (including phenoxy) is 1. The fourth-order valence-electron chi connectivity index (χ4n) is 3.47. The van der Waals surface area contributed by atoms with Crippen LogP contribution in [0.4, 0.5) is 10.1 Å². The number of anilines is 1. The summed E-state index contributed by atoms with van der Waals surface area (Å²) in [6.07, 6.45) is 1.72. The summed E-state index contributed by atoms with van der Waals surface area (Å²) >= 11 is 6.17. The van der Waals surface area contributed by atoms with Gasteiger partial charge in [0.05, 0.1) is 23.1 Å². The molecule has 1 aliphatic heterocycles. The highest BCUT2D eigenvalue weighted by molar-refractivity contribution is 6.34. The molecule has 1 unspecified atom stereocenters. The van der Waals surface area contributed by atoms with Gasteiger partial charge in [-0.2, -0.15) is 0 Å². The van der Waals surface area contributed by atoms with Gasteiger partial charge in [-0.3, -0.25) is 9.69 Å². The SMILES string of the molecule is CCOC(=O)c1ccc(NC(=O)C2CCCN(Cc3ccc(F)cc3)C2)cc1Cl. The lowest BCUT2D eigenvalue weighted by Gasteiger charge is -2.32. The van der Waals surface area contributed by atoms with Crippen molar-refractivity contribution in [3.05, 3.63) is 64.4 Å². The summed E-state index contributed by atoms with van der Waals surface area (Å²) in [5, 5.41) is 3.13. The van der Waals surface area contributed by atoms with Crippen molar-refractivity contribution in [2.24, 2.45) is 5.92 Å². The van der Waals surface area contributed by atoms with Crippen molar-refractivity contribution in [3.63, 3.8) is 0 Å². The molecule has 0 spiro atoms. The largest absolute Gasteiger partial charge is 0.462 e. The second-order valence-electron chi connectivity index (χ2n) is 7.11. The summed E-state index contributed by atoms with van der Waals surface area (Å²) in [6, 6.07) is 11.2. The van der Waals surface area contributed by atoms with Crippen LogP contribution in [0.3, 0.4) is 0 Å². The van der Waals surface area contributed by atoms with Gasteiger partial charge in [0, 0.05) is 18.8 Å². The van der Waals surface area contributed by atoms with Gasteiger partial charge in [-0.15, -0.1) is 0 Å². The zero-order valence-corrected chi connectivity index (χ0v) is 17.0. The Labute approximate surface area is 174 Å². The molecule has 0 aromatic heterocycles. The molecule has 1 N–H and O–H groups in total. The molecule has 3 rings (SSSR count). The van der Waals surface area contributed by atoms with E-state index < -0.39 is 5.97 Å². The van der Waals surface area contributed by atoms with Crippen LogP contribution in [-0.4, -0.2) is 36.5 Å². The molecule has 0 aliphatic carbocycles. The topological polar surface area (TPSA) is 58.6 Å². The zero-order valence-electron chi connectivity index (χ0n) is 16.3. The van der Waals surface area contributed by atoms with Crippen LogP contribution in [0.25, 0.3) is 0 Å². The number of esters is 1. The van der Waals surface area contributed by atoms with E-state index in [0.717, 1.165) is 24.9 Å². The maximum atomic E-state index is 13.1. The van der Waals surface area contributed by atoms with Gasteiger partial charge in [0.25, 0.3) is 0 Å². The maximum Gasteiger partial charge on any atom is 0.339 e. The van der Waals surface area contributed by atoms with E-state index in [-0.39, 0.29) is 34.8 Å². The number of carbonyl (C=O) groups excluding carboxylic acids is 2. The molecule has 1 atom stereocenters. The third kappa shape index (κ3) is 5.78. The molecule has 29 heavy (non-hydrogen) atoms. The van der Waals surface area contributed by atoms with Crippen LogP contribution in [0.5, 0.6) is 0 Å². The van der Waals surface area contributed by atoms with E-state index in [1.54, 1.807) is 37.3 Å². The van der Waals surface area contributed by atoms with E-state index in [1.165, 1.54) is 12.1 Å². The molecule has 2 aromatic carbocycles. The van der Waals surface area contributed by atoms with E-state index in [0.29, 0.717) is 18.8 Å². The van der Waals surface area contributed by atoms with E-state index in [1.807, 2.05) is 0 Å². The molecule has 1 saturated heterocycles. The minimum Gasteiger partial charge on any atom is -0.462 e. The van der Waals surface area contributed by atoms with E-state index in [2.05, 4.69) is 10.2 Å². The predicted octanol–water partition coefficient (Wildman–Crippen LogP) is 4.51. The average molecular weight is 419 g/mol. The van der Waals surface area contributed by atoms with Crippen LogP contribution >= 0.6 is 11.6 Å². The van der Waals surface area contributed by atoms with Gasteiger partial charge in [-0.1, -0.05) is 23.7 Å². The Kier molecular flexibility index (Phi) is 7.23. The second-order valence-corrected chi connectivity index (χ2v) is 7.51. The predicted molar refractivity (Wildman–Crippen MR) is 110 cm³/mol. The van der Waals surface area contributed by atoms with Crippen LogP contribution in [-0.2, 0) is 16.1 Å². The minimum atomic E-state index is -0.487. The van der Waals surface area contributed by atoms with Crippen LogP contribution in [0.15, 0.2) is 42.5 Å². The number of benzene rings is 2. The summed E-state index contributed by atoms with van der Waals surface area (Å²) in [5.41, 5.74) is 1.84. The minimum absolute atomic E-state index is 0.0752. The summed E-state index contributed by atoms with van der Waals surface area (Å²) < 4.78 is 18.0. The number of hydrogen-bond acceptors (Lipinski definition) is 4. The van der Waals surface area contributed by atoms with Crippen LogP contribution < -0.4 is 5.32 Å². The third-order valence-corrected chi connectivity index (χ3v) is 5.24. The lowest BCUT2D eigenvalue weighted by atomic mass is 9.96. The third-order valence-electron chi connectivity index (χ3n) is 4.93. The van der Waals surface area contributed by atoms with Crippen molar-refractivity contribution in [3.8, 4) is 0 Å². The number of piperidine rings is 1. The summed E-state index contributed by atoms with van der Waals surface area (Å²) in [7, 11) is 0. The number of hydrogen-bond donors (Lipinski definition) is 1. The molecular weight excluding hydrogens is 395 g/mol. The molecule has 1 amide bonds. The number of nitrogens with one attached hydrogen (secondary N) is 1. The standard InChI is InChI=1S/C22H24ClFN2O3/c1-2-29-22(28)19-10-9-18(12-20(19)23)25-21(27)16-4-3-11-26(14-16)13-15-5-7-17(24)8-6-15/h5-10,12,16H,2-4,11,13-14H2,1H3,(H,25,27). The quantitative estimate of drug-likeness (QED) is 0.701. The van der Waals surface area contributed by atoms with Crippen molar-refractivity contribution in [2.75, 3.05) is 25.0 Å². The number of rotatable bonds is 6. The molecule has 0 bridgehead atoms. The van der Waals surface area contributed by atoms with E-state index in [9.17, 15) is 14.0 Å². The van der Waals surface area contributed by atoms with Gasteiger partial charge >= 0.3 is 5.97 Å². The summed E-state index contributed by atoms with van der Waals surface area (Å²) in [6.45, 7) is 4.22. The van der Waals surface area contributed by atoms with Crippen molar-refractivity contribution >= 4 is 29.2 Å². The second kappa shape index (κ2) is 9.85. The fraction of sp³-hybridized carbons (Fsp3) is 0.364. The van der Waals surface area contributed by atoms with Crippen LogP contribution in [0.2, 0.25) is 5.02 Å². The van der Waals surface area contributed by atoms with Crippen molar-refractivity contribution in [1.29, 1.82) is 0 Å². The first kappa shape index (κ1) is 21.3. The average Bonchev–Trinajstić information content (AvgIpc) is 2.70. The van der Waals surface area contributed by atoms with Crippen LogP contribution in [0, 0.1) is 11.7 Å². The Hall–Kier alpha value is -2.44. The van der Waals surface area contributed by atoms with Gasteiger partial charge in [0.2, 0.25) is 5.91 Å². The molecule has 1 fully saturated rings. The normalized spacial score (nSPS) is 17.0. The zero-order chi connectivity index (χ0) is 20.8. The van der Waals surface area contributed by atoms with Crippen LogP contribution in [0.1, 0.15) is 35.7 Å². The Morgan fingerprint density at radius 2 is 2.00 bits per heavy atom.